The van der Waals surface area contributed by atoms with Gasteiger partial charge in [-0.05, 0) is 105 Å². The van der Waals surface area contributed by atoms with Gasteiger partial charge in [0.2, 0.25) is 6.41 Å². The number of aliphatic hydroxyl groups is 2. The molecule has 10 heteroatoms. The lowest BCUT2D eigenvalue weighted by Crippen LogP contribution is -2.51. The Bertz CT molecular complexity index is 1400. The van der Waals surface area contributed by atoms with Crippen LogP contribution in [-0.2, 0) is 4.74 Å². The predicted molar refractivity (Wildman–Crippen MR) is 180 cm³/mol. The van der Waals surface area contributed by atoms with Gasteiger partial charge in [0.1, 0.15) is 0 Å². The summed E-state index contributed by atoms with van der Waals surface area (Å²) in [4.78, 5) is 4.64. The molecule has 0 aromatic heterocycles. The van der Waals surface area contributed by atoms with Crippen molar-refractivity contribution in [3.05, 3.63) is 87.9 Å². The van der Waals surface area contributed by atoms with Crippen LogP contribution in [0.3, 0.4) is 0 Å². The van der Waals surface area contributed by atoms with Crippen LogP contribution in [0.5, 0.6) is 0 Å². The van der Waals surface area contributed by atoms with Crippen LogP contribution in [0.2, 0.25) is 10.0 Å². The van der Waals surface area contributed by atoms with E-state index in [0.29, 0.717) is 46.4 Å². The fraction of sp³-hybridized carbons (Fsp3) is 0.457. The molecule has 0 spiro atoms. The Kier molecular flexibility index (Phi) is 12.1. The highest BCUT2D eigenvalue weighted by atomic mass is 35.5. The Balaban J connectivity index is 1.25. The van der Waals surface area contributed by atoms with Crippen LogP contribution >= 0.6 is 23.2 Å². The topological polar surface area (TPSA) is 104 Å². The lowest BCUT2D eigenvalue weighted by molar-refractivity contribution is -0.197. The number of benzene rings is 3. The average Bonchev–Trinajstić information content (AvgIpc) is 3.05. The standard InChI is InChI=1S/C35H43Cl2N5O3/c1-2-45-35(44)42-16-12-32(13-17-42)41-14-10-27(11-15-41)33(23-39-34(43)40-31-20-29(36)19-30(37)21-31)26-8-6-25(7-9-26)28-5-3-4-24(18-28)22-38/h3-9,18-21,27,32-35,39-40,43-44H,2,10-17,23H2,1H3. The predicted octanol–water partition coefficient (Wildman–Crippen LogP) is 6.08. The fourth-order valence-corrected chi connectivity index (χ4v) is 7.27. The van der Waals surface area contributed by atoms with E-state index < -0.39 is 12.8 Å². The monoisotopic (exact) mass is 651 g/mol. The van der Waals surface area contributed by atoms with Gasteiger partial charge in [0, 0.05) is 48.0 Å². The summed E-state index contributed by atoms with van der Waals surface area (Å²) in [7, 11) is 0. The van der Waals surface area contributed by atoms with Gasteiger partial charge >= 0.3 is 0 Å². The van der Waals surface area contributed by atoms with Gasteiger partial charge in [-0.3, -0.25) is 10.2 Å². The number of piperidine rings is 2. The molecule has 4 N–H and O–H groups in total. The summed E-state index contributed by atoms with van der Waals surface area (Å²) in [6, 6.07) is 24.1. The Morgan fingerprint density at radius 2 is 1.60 bits per heavy atom. The zero-order chi connectivity index (χ0) is 31.8. The number of likely N-dealkylation sites (tertiary alicyclic amines) is 2. The molecule has 0 amide bonds. The number of hydrogen-bond acceptors (Lipinski definition) is 8. The van der Waals surface area contributed by atoms with Crippen molar-refractivity contribution in [3.8, 4) is 17.2 Å². The fourth-order valence-electron chi connectivity index (χ4n) is 6.75. The summed E-state index contributed by atoms with van der Waals surface area (Å²) in [6.07, 6.45) is 2.39. The summed E-state index contributed by atoms with van der Waals surface area (Å²) in [5.41, 5.74) is 4.59. The van der Waals surface area contributed by atoms with Gasteiger partial charge in [-0.2, -0.15) is 5.26 Å². The number of aliphatic hydroxyl groups excluding tert-OH is 2. The molecule has 45 heavy (non-hydrogen) atoms. The number of hydrogen-bond donors (Lipinski definition) is 4. The second kappa shape index (κ2) is 16.2. The third-order valence-corrected chi connectivity index (χ3v) is 9.58. The molecule has 2 heterocycles. The zero-order valence-corrected chi connectivity index (χ0v) is 27.2. The zero-order valence-electron chi connectivity index (χ0n) is 25.7. The van der Waals surface area contributed by atoms with Crippen molar-refractivity contribution in [1.82, 2.24) is 15.1 Å². The van der Waals surface area contributed by atoms with Gasteiger partial charge in [-0.15, -0.1) is 0 Å². The van der Waals surface area contributed by atoms with E-state index in [2.05, 4.69) is 45.9 Å². The highest BCUT2D eigenvalue weighted by molar-refractivity contribution is 6.35. The number of halogens is 2. The molecule has 2 aliphatic rings. The van der Waals surface area contributed by atoms with Crippen molar-refractivity contribution in [1.29, 1.82) is 5.26 Å². The van der Waals surface area contributed by atoms with Crippen LogP contribution in [0.4, 0.5) is 5.69 Å². The van der Waals surface area contributed by atoms with Crippen LogP contribution in [0.15, 0.2) is 66.7 Å². The molecule has 3 aromatic rings. The molecule has 8 nitrogen and oxygen atoms in total. The summed E-state index contributed by atoms with van der Waals surface area (Å²) >= 11 is 12.3. The van der Waals surface area contributed by atoms with E-state index in [1.54, 1.807) is 18.2 Å². The smallest absolute Gasteiger partial charge is 0.216 e. The van der Waals surface area contributed by atoms with Crippen molar-refractivity contribution in [3.63, 3.8) is 0 Å². The minimum Gasteiger partial charge on any atom is -0.361 e. The summed E-state index contributed by atoms with van der Waals surface area (Å²) in [5.74, 6) is 0.628. The molecule has 3 unspecified atom stereocenters. The molecular weight excluding hydrogens is 609 g/mol. The Morgan fingerprint density at radius 1 is 0.911 bits per heavy atom. The Labute approximate surface area is 276 Å². The highest BCUT2D eigenvalue weighted by Crippen LogP contribution is 2.35. The average molecular weight is 653 g/mol. The minimum absolute atomic E-state index is 0.189. The second-order valence-corrected chi connectivity index (χ2v) is 12.8. The van der Waals surface area contributed by atoms with Crippen LogP contribution in [0.25, 0.3) is 11.1 Å². The van der Waals surface area contributed by atoms with E-state index in [1.165, 1.54) is 5.56 Å². The first-order valence-corrected chi connectivity index (χ1v) is 16.6. The van der Waals surface area contributed by atoms with Crippen LogP contribution in [0, 0.1) is 17.2 Å². The van der Waals surface area contributed by atoms with E-state index >= 15 is 0 Å². The van der Waals surface area contributed by atoms with E-state index in [4.69, 9.17) is 27.9 Å². The van der Waals surface area contributed by atoms with E-state index in [0.717, 1.165) is 63.0 Å². The lowest BCUT2D eigenvalue weighted by atomic mass is 9.79. The molecule has 2 fully saturated rings. The third kappa shape index (κ3) is 9.19. The van der Waals surface area contributed by atoms with Crippen LogP contribution < -0.4 is 10.6 Å². The molecular formula is C35H43Cl2N5O3. The number of nitrogens with zero attached hydrogens (tertiary/aromatic N) is 3. The largest absolute Gasteiger partial charge is 0.361 e. The number of ether oxygens (including phenoxy) is 1. The molecule has 0 radical (unpaired) electrons. The van der Waals surface area contributed by atoms with Crippen molar-refractivity contribution in [2.45, 2.75) is 57.3 Å². The Morgan fingerprint density at radius 3 is 2.24 bits per heavy atom. The van der Waals surface area contributed by atoms with E-state index in [-0.39, 0.29) is 5.92 Å². The minimum atomic E-state index is -0.979. The quantitative estimate of drug-likeness (QED) is 0.175. The highest BCUT2D eigenvalue weighted by Gasteiger charge is 2.33. The summed E-state index contributed by atoms with van der Waals surface area (Å²) in [5, 5.41) is 37.7. The van der Waals surface area contributed by atoms with Crippen LogP contribution in [0.1, 0.15) is 49.7 Å². The van der Waals surface area contributed by atoms with Crippen molar-refractivity contribution < 1.29 is 14.9 Å². The van der Waals surface area contributed by atoms with Gasteiger partial charge in [0.25, 0.3) is 0 Å². The molecule has 0 saturated carbocycles. The van der Waals surface area contributed by atoms with Gasteiger partial charge in [-0.1, -0.05) is 59.6 Å². The molecule has 5 rings (SSSR count). The molecule has 0 bridgehead atoms. The summed E-state index contributed by atoms with van der Waals surface area (Å²) in [6.45, 7) is 6.73. The first kappa shape index (κ1) is 33.6. The SMILES string of the molecule is CCOC(O)N1CCC(N2CCC(C(CNC(O)Nc3cc(Cl)cc(Cl)c3)c3ccc(-c4cccc(C#N)c4)cc3)CC2)CC1. The van der Waals surface area contributed by atoms with Gasteiger partial charge in [-0.25, -0.2) is 0 Å². The first-order chi connectivity index (χ1) is 21.8. The molecule has 2 saturated heterocycles. The third-order valence-electron chi connectivity index (χ3n) is 9.15. The normalized spacial score (nSPS) is 19.1. The number of rotatable bonds is 12. The lowest BCUT2D eigenvalue weighted by Gasteiger charge is -2.44. The molecule has 2 aliphatic heterocycles. The van der Waals surface area contributed by atoms with E-state index in [1.807, 2.05) is 36.1 Å². The molecule has 3 atom stereocenters. The molecule has 0 aliphatic carbocycles. The maximum Gasteiger partial charge on any atom is 0.216 e. The number of anilines is 1. The van der Waals surface area contributed by atoms with Crippen molar-refractivity contribution in [2.24, 2.45) is 5.92 Å². The maximum atomic E-state index is 10.9. The van der Waals surface area contributed by atoms with Gasteiger partial charge in [0.15, 0.2) is 6.35 Å². The second-order valence-electron chi connectivity index (χ2n) is 12.0. The Hall–Kier alpha value is -2.71. The number of nitrogens with one attached hydrogen (secondary N) is 2. The first-order valence-electron chi connectivity index (χ1n) is 15.8. The van der Waals surface area contributed by atoms with Gasteiger partial charge < -0.3 is 25.2 Å². The van der Waals surface area contributed by atoms with E-state index in [9.17, 15) is 15.5 Å². The molecule has 3 aromatic carbocycles. The summed E-state index contributed by atoms with van der Waals surface area (Å²) < 4.78 is 5.39. The molecule has 240 valence electrons. The van der Waals surface area contributed by atoms with Crippen LogP contribution in [-0.4, -0.2) is 78.2 Å². The van der Waals surface area contributed by atoms with Gasteiger partial charge in [0.05, 0.1) is 11.6 Å². The number of nitriles is 1. The maximum absolute atomic E-state index is 10.9. The van der Waals surface area contributed by atoms with Crippen molar-refractivity contribution in [2.75, 3.05) is 44.6 Å². The van der Waals surface area contributed by atoms with Crippen molar-refractivity contribution >= 4 is 28.9 Å².